The molecule has 0 aliphatic carbocycles. The van der Waals surface area contributed by atoms with Crippen molar-refractivity contribution in [3.8, 4) is 0 Å². The van der Waals surface area contributed by atoms with Crippen LogP contribution in [0.4, 0.5) is 0 Å². The monoisotopic (exact) mass is 388 g/mol. The number of aromatic nitrogens is 2. The van der Waals surface area contributed by atoms with Crippen LogP contribution in [0, 0.1) is 0 Å². The molecule has 0 bridgehead atoms. The van der Waals surface area contributed by atoms with Gasteiger partial charge in [0, 0.05) is 50.1 Å². The van der Waals surface area contributed by atoms with Crippen LogP contribution in [0.15, 0.2) is 60.1 Å². The number of benzene rings is 2. The topological polar surface area (TPSA) is 62.3 Å². The number of fused-ring (bicyclic) bond motifs is 1. The Morgan fingerprint density at radius 3 is 2.66 bits per heavy atom. The Morgan fingerprint density at radius 2 is 1.97 bits per heavy atom. The van der Waals surface area contributed by atoms with Crippen molar-refractivity contribution in [2.24, 2.45) is 4.99 Å². The van der Waals surface area contributed by atoms with E-state index >= 15 is 0 Å². The predicted molar refractivity (Wildman–Crippen MR) is 122 cm³/mol. The summed E-state index contributed by atoms with van der Waals surface area (Å²) in [5.41, 5.74) is 7.51. The molecule has 2 aromatic carbocycles. The van der Waals surface area contributed by atoms with E-state index in [2.05, 4.69) is 63.5 Å². The van der Waals surface area contributed by atoms with E-state index in [-0.39, 0.29) is 0 Å². The van der Waals surface area contributed by atoms with Crippen molar-refractivity contribution in [1.29, 1.82) is 0 Å². The van der Waals surface area contributed by atoms with Gasteiger partial charge in [-0.05, 0) is 41.3 Å². The number of aliphatic imine (C=N–C) groups is 1. The normalized spacial score (nSPS) is 12.0. The number of hydrogen-bond acceptors (Lipinski definition) is 4. The van der Waals surface area contributed by atoms with Gasteiger partial charge in [-0.15, -0.1) is 0 Å². The largest absolute Gasteiger partial charge is 0.383 e. The Kier molecular flexibility index (Phi) is 6.98. The zero-order valence-electron chi connectivity index (χ0n) is 17.3. The second kappa shape index (κ2) is 9.85. The average Bonchev–Trinajstić information content (AvgIpc) is 3.15. The van der Waals surface area contributed by atoms with Crippen LogP contribution >= 0.6 is 0 Å². The van der Waals surface area contributed by atoms with Crippen molar-refractivity contribution >= 4 is 28.4 Å². The van der Waals surface area contributed by atoms with Gasteiger partial charge in [-0.2, -0.15) is 5.10 Å². The maximum absolute atomic E-state index is 5.09. The first-order chi connectivity index (χ1) is 14.2. The van der Waals surface area contributed by atoms with Crippen molar-refractivity contribution in [2.45, 2.75) is 13.3 Å². The van der Waals surface area contributed by atoms with Gasteiger partial charge in [0.25, 0.3) is 0 Å². The zero-order chi connectivity index (χ0) is 20.6. The highest BCUT2D eigenvalue weighted by molar-refractivity contribution is 6.09. The minimum absolute atomic E-state index is 0.646. The number of nitrogens with zero attached hydrogens (tertiary/aromatic N) is 2. The van der Waals surface area contributed by atoms with Gasteiger partial charge in [0.15, 0.2) is 0 Å². The van der Waals surface area contributed by atoms with Crippen LogP contribution < -0.4 is 5.32 Å². The van der Waals surface area contributed by atoms with Gasteiger partial charge in [0.1, 0.15) is 0 Å². The lowest BCUT2D eigenvalue weighted by atomic mass is 10.0. The summed E-state index contributed by atoms with van der Waals surface area (Å²) >= 11 is 0. The van der Waals surface area contributed by atoms with E-state index in [0.717, 1.165) is 52.0 Å². The number of H-pyrrole nitrogens is 1. The molecule has 0 unspecified atom stereocenters. The fourth-order valence-electron chi connectivity index (χ4n) is 3.27. The third-order valence-corrected chi connectivity index (χ3v) is 4.87. The first kappa shape index (κ1) is 20.6. The predicted octanol–water partition coefficient (Wildman–Crippen LogP) is 4.46. The molecule has 5 nitrogen and oxygen atoms in total. The number of rotatable bonds is 9. The number of hydrogen-bond donors (Lipinski definition) is 2. The molecule has 3 aromatic rings. The lowest BCUT2D eigenvalue weighted by Gasteiger charge is -2.09. The van der Waals surface area contributed by atoms with Crippen LogP contribution in [0.3, 0.4) is 0 Å². The van der Waals surface area contributed by atoms with E-state index in [4.69, 9.17) is 4.74 Å². The molecule has 1 aromatic heterocycles. The second-order valence-corrected chi connectivity index (χ2v) is 6.84. The van der Waals surface area contributed by atoms with E-state index in [0.29, 0.717) is 6.61 Å². The Morgan fingerprint density at radius 1 is 1.21 bits per heavy atom. The van der Waals surface area contributed by atoms with E-state index in [1.165, 1.54) is 5.56 Å². The van der Waals surface area contributed by atoms with Crippen LogP contribution in [0.2, 0.25) is 0 Å². The molecule has 0 saturated heterocycles. The molecule has 0 aliphatic rings. The molecule has 150 valence electrons. The van der Waals surface area contributed by atoms with Gasteiger partial charge in [-0.1, -0.05) is 43.0 Å². The zero-order valence-corrected chi connectivity index (χ0v) is 17.3. The molecular formula is C24H28N4O. The molecule has 2 N–H and O–H groups in total. The van der Waals surface area contributed by atoms with Crippen molar-refractivity contribution < 1.29 is 4.74 Å². The summed E-state index contributed by atoms with van der Waals surface area (Å²) in [7, 11) is 3.48. The number of nitrogens with one attached hydrogen (secondary N) is 2. The third-order valence-electron chi connectivity index (χ3n) is 4.87. The SMILES string of the molecule is C=C(NCCOC)c1ccc2n[nH]c(Cc3ccc(/C(C=NC)=C/C)cc3)c2c1. The minimum Gasteiger partial charge on any atom is -0.383 e. The summed E-state index contributed by atoms with van der Waals surface area (Å²) < 4.78 is 5.09. The van der Waals surface area contributed by atoms with Gasteiger partial charge in [0.05, 0.1) is 12.1 Å². The fraction of sp³-hybridized carbons (Fsp3) is 0.250. The molecule has 29 heavy (non-hydrogen) atoms. The maximum atomic E-state index is 5.09. The molecule has 0 saturated carbocycles. The van der Waals surface area contributed by atoms with E-state index in [1.807, 2.05) is 25.3 Å². The molecule has 0 radical (unpaired) electrons. The van der Waals surface area contributed by atoms with Gasteiger partial charge in [0.2, 0.25) is 0 Å². The molecule has 0 amide bonds. The van der Waals surface area contributed by atoms with Crippen LogP contribution in [0.1, 0.15) is 29.3 Å². The van der Waals surface area contributed by atoms with Crippen molar-refractivity contribution in [2.75, 3.05) is 27.3 Å². The Bertz CT molecular complexity index is 1030. The lowest BCUT2D eigenvalue weighted by Crippen LogP contribution is -2.16. The Labute approximate surface area is 172 Å². The molecule has 5 heteroatoms. The van der Waals surface area contributed by atoms with Crippen molar-refractivity contribution in [1.82, 2.24) is 15.5 Å². The second-order valence-electron chi connectivity index (χ2n) is 6.84. The number of allylic oxidation sites excluding steroid dienone is 2. The first-order valence-corrected chi connectivity index (χ1v) is 9.73. The highest BCUT2D eigenvalue weighted by Gasteiger charge is 2.09. The highest BCUT2D eigenvalue weighted by Crippen LogP contribution is 2.23. The minimum atomic E-state index is 0.646. The quantitative estimate of drug-likeness (QED) is 0.420. The van der Waals surface area contributed by atoms with Gasteiger partial charge < -0.3 is 10.1 Å². The van der Waals surface area contributed by atoms with Crippen LogP contribution in [-0.2, 0) is 11.2 Å². The number of aromatic amines is 1. The van der Waals surface area contributed by atoms with E-state index < -0.39 is 0 Å². The summed E-state index contributed by atoms with van der Waals surface area (Å²) in [6.07, 6.45) is 4.74. The fourth-order valence-corrected chi connectivity index (χ4v) is 3.27. The third kappa shape index (κ3) is 5.00. The van der Waals surface area contributed by atoms with Crippen molar-refractivity contribution in [3.05, 3.63) is 77.5 Å². The standard InChI is InChI=1S/C24H28N4O/c1-5-19(16-25-3)20-8-6-18(7-9-20)14-24-22-15-21(10-11-23(22)27-28-24)17(2)26-12-13-29-4/h5-11,15-16,26H,2,12-14H2,1,3-4H3,(H,27,28)/b19-5+,25-16?. The first-order valence-electron chi connectivity index (χ1n) is 9.73. The molecule has 0 spiro atoms. The summed E-state index contributed by atoms with van der Waals surface area (Å²) in [4.78, 5) is 4.12. The Balaban J connectivity index is 1.79. The summed E-state index contributed by atoms with van der Waals surface area (Å²) in [6, 6.07) is 14.8. The Hall–Kier alpha value is -3.18. The number of ether oxygens (including phenoxy) is 1. The lowest BCUT2D eigenvalue weighted by molar-refractivity contribution is 0.203. The molecule has 0 atom stereocenters. The maximum Gasteiger partial charge on any atom is 0.0924 e. The summed E-state index contributed by atoms with van der Waals surface area (Å²) in [5.74, 6) is 0. The van der Waals surface area contributed by atoms with Gasteiger partial charge in [-0.25, -0.2) is 0 Å². The summed E-state index contributed by atoms with van der Waals surface area (Å²) in [5, 5.41) is 12.1. The molecule has 1 heterocycles. The van der Waals surface area contributed by atoms with Gasteiger partial charge >= 0.3 is 0 Å². The van der Waals surface area contributed by atoms with Crippen molar-refractivity contribution in [3.63, 3.8) is 0 Å². The van der Waals surface area contributed by atoms with E-state index in [1.54, 1.807) is 14.2 Å². The molecule has 0 fully saturated rings. The molecule has 0 aliphatic heterocycles. The molecular weight excluding hydrogens is 360 g/mol. The van der Waals surface area contributed by atoms with Crippen LogP contribution in [-0.4, -0.2) is 43.7 Å². The average molecular weight is 389 g/mol. The van der Waals surface area contributed by atoms with Gasteiger partial charge in [-0.3, -0.25) is 10.1 Å². The summed E-state index contributed by atoms with van der Waals surface area (Å²) in [6.45, 7) is 7.54. The van der Waals surface area contributed by atoms with Crippen LogP contribution in [0.25, 0.3) is 22.2 Å². The van der Waals surface area contributed by atoms with Crippen LogP contribution in [0.5, 0.6) is 0 Å². The van der Waals surface area contributed by atoms with E-state index in [9.17, 15) is 0 Å². The molecule has 3 rings (SSSR count). The number of methoxy groups -OCH3 is 1. The smallest absolute Gasteiger partial charge is 0.0924 e. The highest BCUT2D eigenvalue weighted by atomic mass is 16.5.